The number of carbonyl (C=O) groups is 2. The van der Waals surface area contributed by atoms with Gasteiger partial charge in [-0.05, 0) is 29.3 Å². The van der Waals surface area contributed by atoms with Gasteiger partial charge in [0.1, 0.15) is 5.82 Å². The molecular weight excluding hydrogens is 993 g/mol. The van der Waals surface area contributed by atoms with Gasteiger partial charge in [-0.25, -0.2) is 19.9 Å². The van der Waals surface area contributed by atoms with Crippen LogP contribution in [0.25, 0.3) is 33.0 Å². The smallest absolute Gasteiger partial charge is 0.226 e. The molecule has 8 rings (SSSR count). The minimum atomic E-state index is 0. The predicted molar refractivity (Wildman–Crippen MR) is 346 cm³/mol. The summed E-state index contributed by atoms with van der Waals surface area (Å²) < 4.78 is 5.62. The van der Waals surface area contributed by atoms with Crippen molar-refractivity contribution in [3.05, 3.63) is 199 Å². The highest BCUT2D eigenvalue weighted by Crippen LogP contribution is 2.29. The number of anilines is 1. The summed E-state index contributed by atoms with van der Waals surface area (Å²) >= 11 is 1.78. The number of hydrogen-bond donors (Lipinski definition) is 2. The molecule has 2 N–H and O–H groups in total. The van der Waals surface area contributed by atoms with Gasteiger partial charge in [-0.2, -0.15) is 0 Å². The zero-order valence-corrected chi connectivity index (χ0v) is 52.1. The van der Waals surface area contributed by atoms with Crippen molar-refractivity contribution < 1.29 is 14.0 Å². The molecule has 0 unspecified atom stereocenters. The van der Waals surface area contributed by atoms with Crippen molar-refractivity contribution in [2.75, 3.05) is 5.32 Å². The number of hydrogen-bond acceptors (Lipinski definition) is 8. The third kappa shape index (κ3) is 32.5. The lowest BCUT2D eigenvalue weighted by Gasteiger charge is -2.06. The molecule has 8 aromatic rings. The Balaban J connectivity index is -0.000000876. The second-order valence-corrected chi connectivity index (χ2v) is 18.4. The van der Waals surface area contributed by atoms with Gasteiger partial charge in [0.2, 0.25) is 11.8 Å². The van der Waals surface area contributed by atoms with E-state index >= 15 is 0 Å². The molecule has 432 valence electrons. The molecule has 0 bridgehead atoms. The Bertz CT molecular complexity index is 2530. The number of thiazole rings is 1. The zero-order valence-electron chi connectivity index (χ0n) is 51.3. The van der Waals surface area contributed by atoms with Crippen LogP contribution in [-0.4, -0.2) is 31.8 Å². The molecule has 3 heterocycles. The molecule has 5 aromatic carbocycles. The highest BCUT2D eigenvalue weighted by atomic mass is 32.1. The fourth-order valence-electron chi connectivity index (χ4n) is 5.80. The van der Waals surface area contributed by atoms with Gasteiger partial charge in [0.25, 0.3) is 0 Å². The summed E-state index contributed by atoms with van der Waals surface area (Å²) in [6, 6.07) is 51.9. The van der Waals surface area contributed by atoms with Gasteiger partial charge in [0.15, 0.2) is 11.7 Å². The third-order valence-electron chi connectivity index (χ3n) is 9.81. The van der Waals surface area contributed by atoms with Gasteiger partial charge in [-0.3, -0.25) is 9.59 Å². The van der Waals surface area contributed by atoms with Crippen LogP contribution in [0.3, 0.4) is 0 Å². The molecule has 79 heavy (non-hydrogen) atoms. The topological polar surface area (TPSA) is 123 Å². The lowest BCUT2D eigenvalue weighted by atomic mass is 10.1. The van der Waals surface area contributed by atoms with Gasteiger partial charge >= 0.3 is 0 Å². The molecule has 0 aliphatic rings. The number of nitrogens with one attached hydrogen (secondary N) is 2. The summed E-state index contributed by atoms with van der Waals surface area (Å²) in [6.07, 6.45) is 5.57. The van der Waals surface area contributed by atoms with E-state index in [9.17, 15) is 9.59 Å². The number of aromatic nitrogens is 4. The highest BCUT2D eigenvalue weighted by molar-refractivity contribution is 7.15. The SMILES string of the molecule is C.CC.CC.CC.CC.CC.CC(C)C(=O)NCc1ccccc1.CC(C)C(=O)Nc1ccccc1.CC(C)c1ncc(-c2ccccc2)o1.CC(C)c1ncc(-c2ccccc2)s1.CC(C)c1nccc(-c2ccccc2)n1. The van der Waals surface area contributed by atoms with Gasteiger partial charge < -0.3 is 15.1 Å². The molecule has 0 atom stereocenters. The molecule has 0 spiro atoms. The highest BCUT2D eigenvalue weighted by Gasteiger charge is 2.10. The van der Waals surface area contributed by atoms with Gasteiger partial charge in [-0.1, -0.05) is 285 Å². The van der Waals surface area contributed by atoms with Crippen LogP contribution in [-0.2, 0) is 16.1 Å². The predicted octanol–water partition coefficient (Wildman–Crippen LogP) is 20.7. The second kappa shape index (κ2) is 48.1. The average Bonchev–Trinajstić information content (AvgIpc) is 4.22. The van der Waals surface area contributed by atoms with Crippen molar-refractivity contribution in [2.45, 2.75) is 170 Å². The maximum atomic E-state index is 11.2. The van der Waals surface area contributed by atoms with E-state index in [2.05, 4.69) is 109 Å². The van der Waals surface area contributed by atoms with E-state index in [1.807, 2.05) is 231 Å². The summed E-state index contributed by atoms with van der Waals surface area (Å²) in [5.41, 5.74) is 6.47. The van der Waals surface area contributed by atoms with E-state index < -0.39 is 0 Å². The van der Waals surface area contributed by atoms with Crippen LogP contribution < -0.4 is 10.6 Å². The van der Waals surface area contributed by atoms with E-state index in [-0.39, 0.29) is 31.1 Å². The Morgan fingerprint density at radius 2 is 0.924 bits per heavy atom. The molecule has 9 nitrogen and oxygen atoms in total. The Labute approximate surface area is 484 Å². The monoisotopic (exact) mass is 1090 g/mol. The van der Waals surface area contributed by atoms with Crippen LogP contribution in [0.1, 0.15) is 186 Å². The Kier molecular flexibility index (Phi) is 46.4. The van der Waals surface area contributed by atoms with Gasteiger partial charge in [-0.15, -0.1) is 11.3 Å². The van der Waals surface area contributed by atoms with Gasteiger partial charge in [0, 0.05) is 65.3 Å². The normalized spacial score (nSPS) is 9.38. The van der Waals surface area contributed by atoms with Crippen LogP contribution in [0.5, 0.6) is 0 Å². The van der Waals surface area contributed by atoms with Crippen molar-refractivity contribution in [1.82, 2.24) is 25.3 Å². The first-order valence-electron chi connectivity index (χ1n) is 28.3. The second-order valence-electron chi connectivity index (χ2n) is 17.4. The zero-order chi connectivity index (χ0) is 59.3. The Morgan fingerprint density at radius 1 is 0.481 bits per heavy atom. The van der Waals surface area contributed by atoms with E-state index in [0.717, 1.165) is 45.5 Å². The van der Waals surface area contributed by atoms with E-state index in [0.29, 0.717) is 24.3 Å². The van der Waals surface area contributed by atoms with Crippen molar-refractivity contribution in [2.24, 2.45) is 11.8 Å². The van der Waals surface area contributed by atoms with Crippen molar-refractivity contribution in [3.63, 3.8) is 0 Å². The molecule has 3 aromatic heterocycles. The Morgan fingerprint density at radius 3 is 1.34 bits per heavy atom. The Hall–Kier alpha value is -7.04. The molecule has 2 amide bonds. The number of benzene rings is 5. The van der Waals surface area contributed by atoms with E-state index in [1.54, 1.807) is 17.5 Å². The third-order valence-corrected chi connectivity index (χ3v) is 11.2. The van der Waals surface area contributed by atoms with Gasteiger partial charge in [0.05, 0.1) is 21.8 Å². The summed E-state index contributed by atoms with van der Waals surface area (Å²) in [7, 11) is 0. The molecular formula is C69H102N6O3S. The molecule has 0 saturated carbocycles. The van der Waals surface area contributed by atoms with Crippen molar-refractivity contribution >= 4 is 28.8 Å². The van der Waals surface area contributed by atoms with Crippen molar-refractivity contribution in [1.29, 1.82) is 0 Å². The van der Waals surface area contributed by atoms with E-state index in [4.69, 9.17) is 4.42 Å². The lowest BCUT2D eigenvalue weighted by Crippen LogP contribution is -2.26. The van der Waals surface area contributed by atoms with E-state index in [1.165, 1.54) is 15.4 Å². The van der Waals surface area contributed by atoms with Crippen molar-refractivity contribution in [3.8, 4) is 33.0 Å². The minimum Gasteiger partial charge on any atom is -0.440 e. The largest absolute Gasteiger partial charge is 0.440 e. The molecule has 10 heteroatoms. The fourth-order valence-corrected chi connectivity index (χ4v) is 6.73. The molecule has 0 aliphatic heterocycles. The maximum absolute atomic E-state index is 11.2. The first-order chi connectivity index (χ1) is 37.7. The standard InChI is InChI=1S/C13H14N2.C12H13NO.C12H13NS.C11H15NO.C10H13NO.5C2H6.CH4/c1-10(2)13-14-9-8-12(15-13)11-6-4-3-5-7-11;2*1-9(2)12-13-8-11(14-12)10-6-4-3-5-7-10;1-9(2)11(13)12-8-10-6-4-3-5-7-10;1-8(2)10(12)11-9-6-4-3-5-7-9;5*1-2;/h3-10H,1-2H3;2*3-9H,1-2H3;3-7,9H,8H2,1-2H3,(H,12,13);3-8H,1-2H3,(H,11,12);5*1-2H3;1H4. The van der Waals surface area contributed by atoms with Crippen LogP contribution >= 0.6 is 11.3 Å². The van der Waals surface area contributed by atoms with Crippen LogP contribution in [0.15, 0.2) is 181 Å². The lowest BCUT2D eigenvalue weighted by molar-refractivity contribution is -0.124. The maximum Gasteiger partial charge on any atom is 0.226 e. The molecule has 0 aliphatic carbocycles. The van der Waals surface area contributed by atoms with Crippen LogP contribution in [0.2, 0.25) is 0 Å². The summed E-state index contributed by atoms with van der Waals surface area (Å²) in [6.45, 7) is 40.8. The summed E-state index contributed by atoms with van der Waals surface area (Å²) in [5, 5.41) is 6.87. The number of oxazole rings is 1. The number of para-hydroxylation sites is 1. The fraction of sp³-hybridized carbons (Fsp3) is 0.391. The number of nitrogens with zero attached hydrogens (tertiary/aromatic N) is 4. The first kappa shape index (κ1) is 76.2. The number of carbonyl (C=O) groups excluding carboxylic acids is 2. The van der Waals surface area contributed by atoms with Crippen LogP contribution in [0, 0.1) is 11.8 Å². The van der Waals surface area contributed by atoms with Crippen LogP contribution in [0.4, 0.5) is 5.69 Å². The number of rotatable bonds is 11. The molecule has 0 radical (unpaired) electrons. The summed E-state index contributed by atoms with van der Waals surface area (Å²) in [4.78, 5) is 41.1. The minimum absolute atomic E-state index is 0. The number of amides is 2. The molecule has 0 saturated heterocycles. The summed E-state index contributed by atoms with van der Waals surface area (Å²) in [5.74, 6) is 4.02. The first-order valence-corrected chi connectivity index (χ1v) is 29.1. The molecule has 0 fully saturated rings. The quantitative estimate of drug-likeness (QED) is 0.132. The average molecular weight is 1100 g/mol.